The SMILES string of the molecule is CC(C)(O)c1cnc(N2CC(NC=O)C2)o1. The van der Waals surface area contributed by atoms with E-state index in [4.69, 9.17) is 4.42 Å². The van der Waals surface area contributed by atoms with Crippen LogP contribution in [0.15, 0.2) is 10.6 Å². The van der Waals surface area contributed by atoms with Gasteiger partial charge in [0.2, 0.25) is 6.41 Å². The van der Waals surface area contributed by atoms with Crippen LogP contribution in [0.25, 0.3) is 0 Å². The van der Waals surface area contributed by atoms with E-state index in [0.29, 0.717) is 31.3 Å². The lowest BCUT2D eigenvalue weighted by atomic mass is 10.1. The van der Waals surface area contributed by atoms with Gasteiger partial charge in [-0.25, -0.2) is 4.98 Å². The van der Waals surface area contributed by atoms with Crippen molar-refractivity contribution in [2.75, 3.05) is 18.0 Å². The summed E-state index contributed by atoms with van der Waals surface area (Å²) in [5.74, 6) is 0.439. The summed E-state index contributed by atoms with van der Waals surface area (Å²) in [6.07, 6.45) is 2.22. The summed E-state index contributed by atoms with van der Waals surface area (Å²) in [5.41, 5.74) is -1.02. The highest BCUT2D eigenvalue weighted by Crippen LogP contribution is 2.26. The van der Waals surface area contributed by atoms with E-state index in [2.05, 4.69) is 10.3 Å². The number of hydrogen-bond acceptors (Lipinski definition) is 5. The van der Waals surface area contributed by atoms with Gasteiger partial charge in [0.05, 0.1) is 12.2 Å². The van der Waals surface area contributed by atoms with Crippen LogP contribution < -0.4 is 10.2 Å². The number of oxazole rings is 1. The molecule has 16 heavy (non-hydrogen) atoms. The van der Waals surface area contributed by atoms with Gasteiger partial charge in [-0.1, -0.05) is 0 Å². The summed E-state index contributed by atoms with van der Waals surface area (Å²) in [4.78, 5) is 16.2. The fourth-order valence-corrected chi connectivity index (χ4v) is 1.53. The number of aliphatic hydroxyl groups is 1. The lowest BCUT2D eigenvalue weighted by Crippen LogP contribution is -2.57. The normalized spacial score (nSPS) is 17.1. The molecule has 0 atom stereocenters. The van der Waals surface area contributed by atoms with Crippen molar-refractivity contribution in [3.8, 4) is 0 Å². The molecule has 1 aromatic heterocycles. The van der Waals surface area contributed by atoms with Crippen molar-refractivity contribution >= 4 is 12.4 Å². The molecule has 2 heterocycles. The number of nitrogens with one attached hydrogen (secondary N) is 1. The quantitative estimate of drug-likeness (QED) is 0.696. The van der Waals surface area contributed by atoms with Crippen molar-refractivity contribution in [2.24, 2.45) is 0 Å². The zero-order chi connectivity index (χ0) is 11.8. The van der Waals surface area contributed by atoms with Gasteiger partial charge in [0.25, 0.3) is 6.01 Å². The largest absolute Gasteiger partial charge is 0.426 e. The molecule has 2 N–H and O–H groups in total. The minimum atomic E-state index is -1.02. The van der Waals surface area contributed by atoms with Gasteiger partial charge in [-0.2, -0.15) is 0 Å². The van der Waals surface area contributed by atoms with Crippen molar-refractivity contribution in [3.63, 3.8) is 0 Å². The number of aromatic nitrogens is 1. The van der Waals surface area contributed by atoms with Crippen molar-refractivity contribution in [3.05, 3.63) is 12.0 Å². The highest BCUT2D eigenvalue weighted by Gasteiger charge is 2.31. The van der Waals surface area contributed by atoms with Crippen LogP contribution in [0.2, 0.25) is 0 Å². The lowest BCUT2D eigenvalue weighted by molar-refractivity contribution is -0.110. The second kappa shape index (κ2) is 3.79. The fourth-order valence-electron chi connectivity index (χ4n) is 1.53. The summed E-state index contributed by atoms with van der Waals surface area (Å²) in [7, 11) is 0. The molecule has 88 valence electrons. The smallest absolute Gasteiger partial charge is 0.297 e. The Kier molecular flexibility index (Phi) is 2.59. The van der Waals surface area contributed by atoms with Gasteiger partial charge in [0, 0.05) is 13.1 Å². The molecule has 1 fully saturated rings. The Hall–Kier alpha value is -1.56. The average Bonchev–Trinajstić information content (AvgIpc) is 2.58. The topological polar surface area (TPSA) is 78.6 Å². The van der Waals surface area contributed by atoms with Crippen LogP contribution in [-0.2, 0) is 10.4 Å². The zero-order valence-corrected chi connectivity index (χ0v) is 9.30. The average molecular weight is 225 g/mol. The monoisotopic (exact) mass is 225 g/mol. The summed E-state index contributed by atoms with van der Waals surface area (Å²) >= 11 is 0. The molecule has 1 saturated heterocycles. The molecule has 1 amide bonds. The van der Waals surface area contributed by atoms with E-state index in [-0.39, 0.29) is 6.04 Å². The first kappa shape index (κ1) is 10.9. The van der Waals surface area contributed by atoms with Crippen LogP contribution in [0.5, 0.6) is 0 Å². The van der Waals surface area contributed by atoms with Gasteiger partial charge in [-0.3, -0.25) is 4.79 Å². The number of amides is 1. The van der Waals surface area contributed by atoms with Crippen molar-refractivity contribution in [2.45, 2.75) is 25.5 Å². The van der Waals surface area contributed by atoms with Crippen LogP contribution >= 0.6 is 0 Å². The third-order valence-corrected chi connectivity index (χ3v) is 2.55. The second-order valence-corrected chi connectivity index (χ2v) is 4.45. The van der Waals surface area contributed by atoms with Crippen LogP contribution in [0, 0.1) is 0 Å². The predicted molar refractivity (Wildman–Crippen MR) is 56.9 cm³/mol. The molecule has 1 aliphatic rings. The standard InChI is InChI=1S/C10H15N3O3/c1-10(2,15)8-3-11-9(16-8)13-4-7(5-13)12-6-14/h3,6-7,15H,4-5H2,1-2H3,(H,12,14). The van der Waals surface area contributed by atoms with Gasteiger partial charge in [0.15, 0.2) is 5.76 Å². The van der Waals surface area contributed by atoms with Gasteiger partial charge in [-0.05, 0) is 13.8 Å². The van der Waals surface area contributed by atoms with E-state index in [0.717, 1.165) is 0 Å². The summed E-state index contributed by atoms with van der Waals surface area (Å²) in [6.45, 7) is 4.66. The van der Waals surface area contributed by atoms with Crippen molar-refractivity contribution in [1.29, 1.82) is 0 Å². The Labute approximate surface area is 93.3 Å². The van der Waals surface area contributed by atoms with E-state index in [1.807, 2.05) is 4.90 Å². The van der Waals surface area contributed by atoms with E-state index >= 15 is 0 Å². The first-order chi connectivity index (χ1) is 7.50. The van der Waals surface area contributed by atoms with Crippen molar-refractivity contribution < 1.29 is 14.3 Å². The number of rotatable bonds is 4. The molecule has 0 bridgehead atoms. The first-order valence-corrected chi connectivity index (χ1v) is 5.14. The van der Waals surface area contributed by atoms with Gasteiger partial charge >= 0.3 is 0 Å². The number of carbonyl (C=O) groups is 1. The van der Waals surface area contributed by atoms with E-state index < -0.39 is 5.60 Å². The van der Waals surface area contributed by atoms with Crippen molar-refractivity contribution in [1.82, 2.24) is 10.3 Å². The molecule has 0 spiro atoms. The number of carbonyl (C=O) groups excluding carboxylic acids is 1. The number of anilines is 1. The maximum Gasteiger partial charge on any atom is 0.297 e. The molecule has 0 unspecified atom stereocenters. The maximum absolute atomic E-state index is 10.2. The summed E-state index contributed by atoms with van der Waals surface area (Å²) in [6, 6.07) is 0.649. The van der Waals surface area contributed by atoms with Crippen LogP contribution in [0.3, 0.4) is 0 Å². The number of nitrogens with zero attached hydrogens (tertiary/aromatic N) is 2. The minimum Gasteiger partial charge on any atom is -0.426 e. The predicted octanol–water partition coefficient (Wildman–Crippen LogP) is -0.163. The Morgan fingerprint density at radius 3 is 2.88 bits per heavy atom. The molecule has 1 aliphatic heterocycles. The Balaban J connectivity index is 1.97. The summed E-state index contributed by atoms with van der Waals surface area (Å²) < 4.78 is 5.43. The minimum absolute atomic E-state index is 0.162. The third-order valence-electron chi connectivity index (χ3n) is 2.55. The molecular weight excluding hydrogens is 210 g/mol. The van der Waals surface area contributed by atoms with Crippen LogP contribution in [-0.4, -0.2) is 35.6 Å². The van der Waals surface area contributed by atoms with E-state index in [1.54, 1.807) is 13.8 Å². The van der Waals surface area contributed by atoms with Crippen LogP contribution in [0.4, 0.5) is 6.01 Å². The maximum atomic E-state index is 10.2. The fraction of sp³-hybridized carbons (Fsp3) is 0.600. The first-order valence-electron chi connectivity index (χ1n) is 5.14. The molecule has 6 heteroatoms. The van der Waals surface area contributed by atoms with Gasteiger partial charge in [0.1, 0.15) is 5.60 Å². The Morgan fingerprint density at radius 1 is 1.69 bits per heavy atom. The molecular formula is C10H15N3O3. The molecule has 0 aliphatic carbocycles. The Bertz CT molecular complexity index is 377. The molecule has 6 nitrogen and oxygen atoms in total. The molecule has 0 aromatic carbocycles. The highest BCUT2D eigenvalue weighted by atomic mass is 16.4. The van der Waals surface area contributed by atoms with E-state index in [1.165, 1.54) is 6.20 Å². The molecule has 0 saturated carbocycles. The van der Waals surface area contributed by atoms with Gasteiger partial charge in [-0.15, -0.1) is 0 Å². The Morgan fingerprint density at radius 2 is 2.38 bits per heavy atom. The number of hydrogen-bond donors (Lipinski definition) is 2. The second-order valence-electron chi connectivity index (χ2n) is 4.45. The molecule has 0 radical (unpaired) electrons. The van der Waals surface area contributed by atoms with Gasteiger partial charge < -0.3 is 19.7 Å². The highest BCUT2D eigenvalue weighted by molar-refractivity contribution is 5.49. The molecule has 2 rings (SSSR count). The lowest BCUT2D eigenvalue weighted by Gasteiger charge is -2.37. The zero-order valence-electron chi connectivity index (χ0n) is 9.30. The summed E-state index contributed by atoms with van der Waals surface area (Å²) in [5, 5.41) is 12.4. The van der Waals surface area contributed by atoms with Crippen LogP contribution in [0.1, 0.15) is 19.6 Å². The molecule has 1 aromatic rings. The third kappa shape index (κ3) is 2.01. The van der Waals surface area contributed by atoms with E-state index in [9.17, 15) is 9.90 Å².